The maximum absolute atomic E-state index is 5.12. The minimum Gasteiger partial charge on any atom is -0.383 e. The van der Waals surface area contributed by atoms with Crippen LogP contribution in [0.3, 0.4) is 0 Å². The third kappa shape index (κ3) is 5.47. The average molecular weight is 365 g/mol. The maximum Gasteiger partial charge on any atom is 0.0988 e. The van der Waals surface area contributed by atoms with Crippen molar-refractivity contribution in [2.75, 3.05) is 40.4 Å². The van der Waals surface area contributed by atoms with Gasteiger partial charge in [-0.25, -0.2) is 4.68 Å². The standard InChI is InChI=1S/C21H27N5O/c1-25(13-14-27-2)12-11-23-16-19-17-26(20-8-4-3-5-9-20)24-21(19)18-7-6-10-22-15-18/h3-10,15,17,23H,11-14,16H2,1-2H3. The van der Waals surface area contributed by atoms with E-state index >= 15 is 0 Å². The monoisotopic (exact) mass is 365 g/mol. The zero-order valence-electron chi connectivity index (χ0n) is 16.0. The van der Waals surface area contributed by atoms with Crippen LogP contribution in [-0.2, 0) is 11.3 Å². The third-order valence-corrected chi connectivity index (χ3v) is 4.41. The van der Waals surface area contributed by atoms with Crippen LogP contribution in [0, 0.1) is 0 Å². The highest BCUT2D eigenvalue weighted by Gasteiger charge is 2.12. The molecule has 3 aromatic rings. The highest BCUT2D eigenvalue weighted by Crippen LogP contribution is 2.22. The predicted octanol–water partition coefficient (Wildman–Crippen LogP) is 2.60. The van der Waals surface area contributed by atoms with Gasteiger partial charge in [-0.3, -0.25) is 4.98 Å². The van der Waals surface area contributed by atoms with Crippen LogP contribution in [0.4, 0.5) is 0 Å². The molecule has 6 heteroatoms. The second-order valence-corrected chi connectivity index (χ2v) is 6.50. The van der Waals surface area contributed by atoms with Gasteiger partial charge in [-0.15, -0.1) is 0 Å². The number of hydrogen-bond acceptors (Lipinski definition) is 5. The first kappa shape index (κ1) is 19.2. The molecule has 0 fully saturated rings. The Hall–Kier alpha value is -2.54. The Balaban J connectivity index is 1.70. The summed E-state index contributed by atoms with van der Waals surface area (Å²) >= 11 is 0. The van der Waals surface area contributed by atoms with Crippen molar-refractivity contribution in [1.82, 2.24) is 25.0 Å². The van der Waals surface area contributed by atoms with E-state index in [9.17, 15) is 0 Å². The molecule has 0 aliphatic heterocycles. The summed E-state index contributed by atoms with van der Waals surface area (Å²) in [6.45, 7) is 4.33. The van der Waals surface area contributed by atoms with Crippen LogP contribution in [0.1, 0.15) is 5.56 Å². The van der Waals surface area contributed by atoms with Crippen molar-refractivity contribution in [3.8, 4) is 16.9 Å². The molecule has 2 heterocycles. The molecule has 0 unspecified atom stereocenters. The number of hydrogen-bond donors (Lipinski definition) is 1. The van der Waals surface area contributed by atoms with E-state index in [1.54, 1.807) is 13.3 Å². The van der Waals surface area contributed by atoms with Crippen LogP contribution in [0.2, 0.25) is 0 Å². The van der Waals surface area contributed by atoms with Gasteiger partial charge in [0.15, 0.2) is 0 Å². The van der Waals surface area contributed by atoms with Crippen molar-refractivity contribution in [1.29, 1.82) is 0 Å². The normalized spacial score (nSPS) is 11.2. The minimum atomic E-state index is 0.755. The molecule has 0 amide bonds. The van der Waals surface area contributed by atoms with Crippen molar-refractivity contribution >= 4 is 0 Å². The van der Waals surface area contributed by atoms with Gasteiger partial charge in [0, 0.05) is 63.0 Å². The van der Waals surface area contributed by atoms with Crippen LogP contribution in [0.15, 0.2) is 61.1 Å². The molecule has 1 aromatic carbocycles. The average Bonchev–Trinajstić information content (AvgIpc) is 3.15. The fourth-order valence-electron chi connectivity index (χ4n) is 2.85. The lowest BCUT2D eigenvalue weighted by atomic mass is 10.1. The van der Waals surface area contributed by atoms with Gasteiger partial charge in [0.25, 0.3) is 0 Å². The lowest BCUT2D eigenvalue weighted by molar-refractivity contribution is 0.161. The Labute approximate surface area is 160 Å². The molecule has 0 aliphatic carbocycles. The fraction of sp³-hybridized carbons (Fsp3) is 0.333. The van der Waals surface area contributed by atoms with Gasteiger partial charge >= 0.3 is 0 Å². The summed E-state index contributed by atoms with van der Waals surface area (Å²) in [6, 6.07) is 14.2. The summed E-state index contributed by atoms with van der Waals surface area (Å²) < 4.78 is 7.05. The first-order valence-corrected chi connectivity index (χ1v) is 9.20. The van der Waals surface area contributed by atoms with Gasteiger partial charge in [0.1, 0.15) is 0 Å². The zero-order valence-corrected chi connectivity index (χ0v) is 16.0. The summed E-state index contributed by atoms with van der Waals surface area (Å²) in [5, 5.41) is 8.34. The van der Waals surface area contributed by atoms with Gasteiger partial charge in [0.05, 0.1) is 18.0 Å². The predicted molar refractivity (Wildman–Crippen MR) is 108 cm³/mol. The van der Waals surface area contributed by atoms with Crippen LogP contribution in [0.25, 0.3) is 16.9 Å². The quantitative estimate of drug-likeness (QED) is 0.560. The van der Waals surface area contributed by atoms with Crippen molar-refractivity contribution in [3.63, 3.8) is 0 Å². The molecule has 6 nitrogen and oxygen atoms in total. The Bertz CT molecular complexity index is 804. The highest BCUT2D eigenvalue weighted by atomic mass is 16.5. The van der Waals surface area contributed by atoms with Crippen LogP contribution in [-0.4, -0.2) is 60.1 Å². The third-order valence-electron chi connectivity index (χ3n) is 4.41. The SMILES string of the molecule is COCCN(C)CCNCc1cn(-c2ccccc2)nc1-c1cccnc1. The number of methoxy groups -OCH3 is 1. The van der Waals surface area contributed by atoms with E-state index in [1.165, 1.54) is 0 Å². The molecule has 0 spiro atoms. The largest absolute Gasteiger partial charge is 0.383 e. The number of nitrogens with one attached hydrogen (secondary N) is 1. The van der Waals surface area contributed by atoms with Gasteiger partial charge < -0.3 is 15.0 Å². The Morgan fingerprint density at radius 3 is 2.70 bits per heavy atom. The Morgan fingerprint density at radius 2 is 1.96 bits per heavy atom. The number of likely N-dealkylation sites (N-methyl/N-ethyl adjacent to an activating group) is 1. The maximum atomic E-state index is 5.12. The fourth-order valence-corrected chi connectivity index (χ4v) is 2.85. The summed E-state index contributed by atoms with van der Waals surface area (Å²) in [4.78, 5) is 6.50. The van der Waals surface area contributed by atoms with Crippen molar-refractivity contribution in [3.05, 3.63) is 66.6 Å². The molecule has 0 radical (unpaired) electrons. The van der Waals surface area contributed by atoms with Gasteiger partial charge in [-0.1, -0.05) is 18.2 Å². The van der Waals surface area contributed by atoms with Crippen molar-refractivity contribution < 1.29 is 4.74 Å². The smallest absolute Gasteiger partial charge is 0.0988 e. The second-order valence-electron chi connectivity index (χ2n) is 6.50. The molecule has 0 aliphatic rings. The number of rotatable bonds is 10. The topological polar surface area (TPSA) is 55.2 Å². The Kier molecular flexibility index (Phi) is 7.10. The first-order valence-electron chi connectivity index (χ1n) is 9.20. The highest BCUT2D eigenvalue weighted by molar-refractivity contribution is 5.62. The van der Waals surface area contributed by atoms with Gasteiger partial charge in [0.2, 0.25) is 0 Å². The molecular weight excluding hydrogens is 338 g/mol. The molecule has 0 saturated heterocycles. The molecule has 142 valence electrons. The molecule has 0 saturated carbocycles. The minimum absolute atomic E-state index is 0.755. The Morgan fingerprint density at radius 1 is 1.11 bits per heavy atom. The number of pyridine rings is 1. The van der Waals surface area contributed by atoms with Crippen LogP contribution >= 0.6 is 0 Å². The number of ether oxygens (including phenoxy) is 1. The molecular formula is C21H27N5O. The van der Waals surface area contributed by atoms with E-state index in [0.717, 1.165) is 55.3 Å². The van der Waals surface area contributed by atoms with Crippen molar-refractivity contribution in [2.45, 2.75) is 6.54 Å². The van der Waals surface area contributed by atoms with E-state index < -0.39 is 0 Å². The van der Waals surface area contributed by atoms with E-state index in [1.807, 2.05) is 41.2 Å². The van der Waals surface area contributed by atoms with Crippen molar-refractivity contribution in [2.24, 2.45) is 0 Å². The summed E-state index contributed by atoms with van der Waals surface area (Å²) in [5.74, 6) is 0. The van der Waals surface area contributed by atoms with Gasteiger partial charge in [-0.2, -0.15) is 5.10 Å². The van der Waals surface area contributed by atoms with E-state index in [-0.39, 0.29) is 0 Å². The second kappa shape index (κ2) is 9.97. The van der Waals surface area contributed by atoms with Crippen LogP contribution in [0.5, 0.6) is 0 Å². The number of aromatic nitrogens is 3. The molecule has 2 aromatic heterocycles. The zero-order chi connectivity index (χ0) is 18.9. The summed E-state index contributed by atoms with van der Waals surface area (Å²) in [5.41, 5.74) is 4.20. The molecule has 1 N–H and O–H groups in total. The summed E-state index contributed by atoms with van der Waals surface area (Å²) in [6.07, 6.45) is 5.74. The van der Waals surface area contributed by atoms with Gasteiger partial charge in [-0.05, 0) is 31.3 Å². The lowest BCUT2D eigenvalue weighted by Crippen LogP contribution is -2.31. The first-order chi connectivity index (χ1) is 13.3. The lowest BCUT2D eigenvalue weighted by Gasteiger charge is -2.16. The number of nitrogens with zero attached hydrogens (tertiary/aromatic N) is 4. The number of para-hydroxylation sites is 1. The van der Waals surface area contributed by atoms with Crippen LogP contribution < -0.4 is 5.32 Å². The number of benzene rings is 1. The summed E-state index contributed by atoms with van der Waals surface area (Å²) in [7, 11) is 3.84. The molecule has 0 bridgehead atoms. The van der Waals surface area contributed by atoms with E-state index in [2.05, 4.69) is 40.6 Å². The molecule has 3 rings (SSSR count). The van der Waals surface area contributed by atoms with E-state index in [0.29, 0.717) is 0 Å². The molecule has 27 heavy (non-hydrogen) atoms. The van der Waals surface area contributed by atoms with E-state index in [4.69, 9.17) is 9.84 Å². The molecule has 0 atom stereocenters.